The summed E-state index contributed by atoms with van der Waals surface area (Å²) in [5.41, 5.74) is 1.22. The number of esters is 1. The maximum Gasteiger partial charge on any atom is 0.303 e. The molecule has 0 saturated carbocycles. The number of aliphatic hydroxyl groups is 1. The highest BCUT2D eigenvalue weighted by atomic mass is 19.1. The van der Waals surface area contributed by atoms with Crippen LogP contribution in [0.15, 0.2) is 66.7 Å². The van der Waals surface area contributed by atoms with Crippen LogP contribution in [-0.4, -0.2) is 61.8 Å². The molecule has 1 aliphatic rings. The van der Waals surface area contributed by atoms with E-state index in [4.69, 9.17) is 14.2 Å². The summed E-state index contributed by atoms with van der Waals surface area (Å²) in [5, 5.41) is 10.5. The molecule has 41 heavy (non-hydrogen) atoms. The first-order valence-corrected chi connectivity index (χ1v) is 13.6. The van der Waals surface area contributed by atoms with Crippen molar-refractivity contribution in [2.45, 2.75) is 31.7 Å². The monoisotopic (exact) mass is 567 g/mol. The van der Waals surface area contributed by atoms with Gasteiger partial charge >= 0.3 is 5.97 Å². The van der Waals surface area contributed by atoms with E-state index in [0.29, 0.717) is 36.6 Å². The Hall–Kier alpha value is -3.82. The maximum atomic E-state index is 13.9. The van der Waals surface area contributed by atoms with Crippen molar-refractivity contribution in [2.24, 2.45) is 5.92 Å². The van der Waals surface area contributed by atoms with Gasteiger partial charge in [0, 0.05) is 31.6 Å². The van der Waals surface area contributed by atoms with Crippen LogP contribution in [0, 0.1) is 17.6 Å². The van der Waals surface area contributed by atoms with Crippen LogP contribution in [0.4, 0.5) is 8.78 Å². The normalized spacial score (nSPS) is 16.7. The highest BCUT2D eigenvalue weighted by Crippen LogP contribution is 2.47. The Morgan fingerprint density at radius 3 is 2.17 bits per heavy atom. The van der Waals surface area contributed by atoms with Gasteiger partial charge in [-0.1, -0.05) is 24.3 Å². The lowest BCUT2D eigenvalue weighted by atomic mass is 9.68. The fourth-order valence-electron chi connectivity index (χ4n) is 5.74. The topological polar surface area (TPSA) is 85.3 Å². The average Bonchev–Trinajstić information content (AvgIpc) is 2.98. The van der Waals surface area contributed by atoms with Crippen LogP contribution >= 0.6 is 0 Å². The second-order valence-electron chi connectivity index (χ2n) is 10.1. The van der Waals surface area contributed by atoms with Crippen molar-refractivity contribution in [1.82, 2.24) is 4.90 Å². The summed E-state index contributed by atoms with van der Waals surface area (Å²) < 4.78 is 44.1. The molecule has 1 aliphatic heterocycles. The molecule has 1 N–H and O–H groups in total. The van der Waals surface area contributed by atoms with Crippen molar-refractivity contribution in [2.75, 3.05) is 40.0 Å². The van der Waals surface area contributed by atoms with Gasteiger partial charge in [0.25, 0.3) is 0 Å². The maximum absolute atomic E-state index is 13.9. The zero-order valence-electron chi connectivity index (χ0n) is 23.3. The number of hydrogen-bond donors (Lipinski definition) is 1. The Labute approximate surface area is 238 Å². The Morgan fingerprint density at radius 2 is 1.61 bits per heavy atom. The summed E-state index contributed by atoms with van der Waals surface area (Å²) in [6.45, 7) is 2.46. The quantitative estimate of drug-likeness (QED) is 0.184. The van der Waals surface area contributed by atoms with Crippen molar-refractivity contribution < 1.29 is 37.7 Å². The number of rotatable bonds is 12. The molecule has 0 aliphatic carbocycles. The number of carbonyl (C=O) groups is 2. The van der Waals surface area contributed by atoms with E-state index in [1.807, 2.05) is 0 Å². The standard InChI is InChI=1S/C32H35F2NO6/c1-22(37)41-21-29(38)23-6-15-30(31(19-23)39-2)40-18-4-17-35-16-3-5-26(20-36)32(35,24-7-11-27(33)12-8-24)25-9-13-28(34)14-10-25/h6-15,19,26,36H,3-5,16-18,20-21H2,1-2H3. The molecule has 0 aromatic heterocycles. The number of carbonyl (C=O) groups excluding carboxylic acids is 2. The predicted molar refractivity (Wildman–Crippen MR) is 149 cm³/mol. The number of piperidine rings is 1. The summed E-state index contributed by atoms with van der Waals surface area (Å²) in [6, 6.07) is 17.4. The molecule has 9 heteroatoms. The Kier molecular flexibility index (Phi) is 10.1. The highest BCUT2D eigenvalue weighted by molar-refractivity contribution is 5.98. The molecule has 7 nitrogen and oxygen atoms in total. The van der Waals surface area contributed by atoms with E-state index in [0.717, 1.165) is 30.5 Å². The van der Waals surface area contributed by atoms with Gasteiger partial charge in [0.15, 0.2) is 23.9 Å². The minimum absolute atomic E-state index is 0.0819. The predicted octanol–water partition coefficient (Wildman–Crippen LogP) is 5.14. The molecule has 4 rings (SSSR count). The van der Waals surface area contributed by atoms with Crippen LogP contribution < -0.4 is 9.47 Å². The van der Waals surface area contributed by atoms with Gasteiger partial charge in [0.1, 0.15) is 11.6 Å². The second kappa shape index (κ2) is 13.7. The van der Waals surface area contributed by atoms with Gasteiger partial charge in [-0.25, -0.2) is 8.78 Å². The van der Waals surface area contributed by atoms with Gasteiger partial charge in [-0.05, 0) is 79.4 Å². The number of ether oxygens (including phenoxy) is 3. The molecule has 1 atom stereocenters. The van der Waals surface area contributed by atoms with Gasteiger partial charge in [-0.15, -0.1) is 0 Å². The van der Waals surface area contributed by atoms with Crippen molar-refractivity contribution in [3.8, 4) is 11.5 Å². The second-order valence-corrected chi connectivity index (χ2v) is 10.1. The lowest BCUT2D eigenvalue weighted by molar-refractivity contribution is -0.139. The molecular weight excluding hydrogens is 532 g/mol. The van der Waals surface area contributed by atoms with Crippen molar-refractivity contribution in [3.63, 3.8) is 0 Å². The fraction of sp³-hybridized carbons (Fsp3) is 0.375. The Bertz CT molecular complexity index is 1280. The molecule has 0 amide bonds. The zero-order chi connectivity index (χ0) is 29.4. The molecule has 1 fully saturated rings. The Balaban J connectivity index is 1.53. The lowest BCUT2D eigenvalue weighted by Gasteiger charge is -2.53. The van der Waals surface area contributed by atoms with Crippen LogP contribution in [0.2, 0.25) is 0 Å². The molecule has 218 valence electrons. The molecule has 0 spiro atoms. The SMILES string of the molecule is COc1cc(C(=O)COC(C)=O)ccc1OCCCN1CCCC(CO)C1(c1ccc(F)cc1)c1ccc(F)cc1. The molecular formula is C32H35F2NO6. The van der Waals surface area contributed by atoms with E-state index in [9.17, 15) is 23.5 Å². The van der Waals surface area contributed by atoms with Crippen molar-refractivity contribution in [3.05, 3.63) is 95.1 Å². The third-order valence-electron chi connectivity index (χ3n) is 7.58. The Morgan fingerprint density at radius 1 is 0.976 bits per heavy atom. The summed E-state index contributed by atoms with van der Waals surface area (Å²) in [5.74, 6) is -0.945. The minimum Gasteiger partial charge on any atom is -0.493 e. The van der Waals surface area contributed by atoms with Crippen LogP contribution in [0.3, 0.4) is 0 Å². The summed E-state index contributed by atoms with van der Waals surface area (Å²) in [6.07, 6.45) is 2.24. The number of ketones is 1. The first-order chi connectivity index (χ1) is 19.8. The largest absolute Gasteiger partial charge is 0.493 e. The average molecular weight is 568 g/mol. The van der Waals surface area contributed by atoms with E-state index in [1.165, 1.54) is 38.3 Å². The summed E-state index contributed by atoms with van der Waals surface area (Å²) >= 11 is 0. The molecule has 3 aromatic rings. The number of benzene rings is 3. The number of halogens is 2. The molecule has 3 aromatic carbocycles. The molecule has 1 heterocycles. The number of hydrogen-bond acceptors (Lipinski definition) is 7. The van der Waals surface area contributed by atoms with Crippen molar-refractivity contribution >= 4 is 11.8 Å². The van der Waals surface area contributed by atoms with Crippen LogP contribution in [0.25, 0.3) is 0 Å². The number of aliphatic hydroxyl groups excluding tert-OH is 1. The number of methoxy groups -OCH3 is 1. The van der Waals surface area contributed by atoms with E-state index >= 15 is 0 Å². The van der Waals surface area contributed by atoms with Crippen LogP contribution in [0.1, 0.15) is 47.7 Å². The zero-order valence-corrected chi connectivity index (χ0v) is 23.3. The third kappa shape index (κ3) is 6.74. The van der Waals surface area contributed by atoms with Gasteiger partial charge in [0.2, 0.25) is 0 Å². The molecule has 0 radical (unpaired) electrons. The number of nitrogens with zero attached hydrogens (tertiary/aromatic N) is 1. The summed E-state index contributed by atoms with van der Waals surface area (Å²) in [4.78, 5) is 25.6. The van der Waals surface area contributed by atoms with Crippen LogP contribution in [-0.2, 0) is 15.1 Å². The smallest absolute Gasteiger partial charge is 0.303 e. The van der Waals surface area contributed by atoms with Gasteiger partial charge in [-0.2, -0.15) is 0 Å². The van der Waals surface area contributed by atoms with Gasteiger partial charge in [-0.3, -0.25) is 14.5 Å². The van der Waals surface area contributed by atoms with Gasteiger partial charge < -0.3 is 19.3 Å². The first kappa shape index (κ1) is 30.1. The highest BCUT2D eigenvalue weighted by Gasteiger charge is 2.48. The van der Waals surface area contributed by atoms with E-state index in [-0.39, 0.29) is 36.5 Å². The summed E-state index contributed by atoms with van der Waals surface area (Å²) in [7, 11) is 1.48. The number of Topliss-reactive ketones (excluding diaryl/α,β-unsaturated/α-hetero) is 1. The minimum atomic E-state index is -0.782. The lowest BCUT2D eigenvalue weighted by Crippen LogP contribution is -2.57. The number of likely N-dealkylation sites (tertiary alicyclic amines) is 1. The van der Waals surface area contributed by atoms with E-state index < -0.39 is 11.5 Å². The van der Waals surface area contributed by atoms with E-state index in [1.54, 1.807) is 42.5 Å². The third-order valence-corrected chi connectivity index (χ3v) is 7.58. The molecule has 1 saturated heterocycles. The first-order valence-electron chi connectivity index (χ1n) is 13.6. The molecule has 0 bridgehead atoms. The fourth-order valence-corrected chi connectivity index (χ4v) is 5.74. The van der Waals surface area contributed by atoms with Gasteiger partial charge in [0.05, 0.1) is 19.3 Å². The van der Waals surface area contributed by atoms with E-state index in [2.05, 4.69) is 4.90 Å². The van der Waals surface area contributed by atoms with Crippen LogP contribution in [0.5, 0.6) is 11.5 Å². The molecule has 1 unspecified atom stereocenters. The van der Waals surface area contributed by atoms with Crippen molar-refractivity contribution in [1.29, 1.82) is 0 Å².